The summed E-state index contributed by atoms with van der Waals surface area (Å²) in [6.07, 6.45) is 1.19. The molecule has 6 heteroatoms. The Balaban J connectivity index is 1.76. The SMILES string of the molecule is C[C@H]1C[C@H](C)CN(c2oc(COc3ccccc3Cl)nc2C#N)C1. The zero-order chi connectivity index (χ0) is 17.1. The normalized spacial score (nSPS) is 20.7. The van der Waals surface area contributed by atoms with Gasteiger partial charge in [-0.3, -0.25) is 0 Å². The highest BCUT2D eigenvalue weighted by atomic mass is 35.5. The van der Waals surface area contributed by atoms with E-state index in [1.54, 1.807) is 12.1 Å². The number of anilines is 1. The summed E-state index contributed by atoms with van der Waals surface area (Å²) in [5.41, 5.74) is 0.314. The van der Waals surface area contributed by atoms with Crippen LogP contribution < -0.4 is 9.64 Å². The van der Waals surface area contributed by atoms with Crippen molar-refractivity contribution in [3.63, 3.8) is 0 Å². The third kappa shape index (κ3) is 3.65. The number of oxazole rings is 1. The van der Waals surface area contributed by atoms with Crippen molar-refractivity contribution in [3.05, 3.63) is 40.9 Å². The van der Waals surface area contributed by atoms with Crippen molar-refractivity contribution in [2.75, 3.05) is 18.0 Å². The van der Waals surface area contributed by atoms with Gasteiger partial charge >= 0.3 is 0 Å². The molecule has 3 rings (SSSR count). The molecule has 5 nitrogen and oxygen atoms in total. The van der Waals surface area contributed by atoms with Gasteiger partial charge in [-0.15, -0.1) is 0 Å². The minimum absolute atomic E-state index is 0.136. The predicted molar refractivity (Wildman–Crippen MR) is 92.2 cm³/mol. The molecule has 0 radical (unpaired) electrons. The van der Waals surface area contributed by atoms with Crippen molar-refractivity contribution < 1.29 is 9.15 Å². The summed E-state index contributed by atoms with van der Waals surface area (Å²) in [7, 11) is 0. The van der Waals surface area contributed by atoms with Crippen LogP contribution in [0, 0.1) is 23.2 Å². The molecule has 0 saturated carbocycles. The molecule has 0 N–H and O–H groups in total. The molecular weight excluding hydrogens is 326 g/mol. The topological polar surface area (TPSA) is 62.3 Å². The molecule has 1 aliphatic heterocycles. The molecule has 2 heterocycles. The number of rotatable bonds is 4. The minimum atomic E-state index is 0.136. The molecular formula is C18H20ClN3O2. The molecule has 2 aromatic rings. The van der Waals surface area contributed by atoms with Crippen LogP contribution in [0.2, 0.25) is 5.02 Å². The van der Waals surface area contributed by atoms with Crippen LogP contribution in [-0.2, 0) is 6.61 Å². The highest BCUT2D eigenvalue weighted by Crippen LogP contribution is 2.30. The van der Waals surface area contributed by atoms with E-state index in [4.69, 9.17) is 20.8 Å². The molecule has 0 amide bonds. The van der Waals surface area contributed by atoms with E-state index in [1.165, 1.54) is 6.42 Å². The van der Waals surface area contributed by atoms with Crippen LogP contribution >= 0.6 is 11.6 Å². The Hall–Kier alpha value is -2.19. The quantitative estimate of drug-likeness (QED) is 0.828. The van der Waals surface area contributed by atoms with Gasteiger partial charge in [-0.2, -0.15) is 10.2 Å². The van der Waals surface area contributed by atoms with E-state index in [-0.39, 0.29) is 6.61 Å². The summed E-state index contributed by atoms with van der Waals surface area (Å²) >= 11 is 6.07. The maximum atomic E-state index is 9.36. The molecule has 0 bridgehead atoms. The van der Waals surface area contributed by atoms with Gasteiger partial charge in [0.25, 0.3) is 0 Å². The molecule has 1 aliphatic rings. The van der Waals surface area contributed by atoms with Gasteiger partial charge in [0.1, 0.15) is 11.8 Å². The van der Waals surface area contributed by atoms with E-state index in [0.29, 0.717) is 40.1 Å². The van der Waals surface area contributed by atoms with Crippen LogP contribution in [0.5, 0.6) is 5.75 Å². The minimum Gasteiger partial charge on any atom is -0.482 e. The number of piperidine rings is 1. The van der Waals surface area contributed by atoms with Gasteiger partial charge in [-0.1, -0.05) is 37.6 Å². The fourth-order valence-electron chi connectivity index (χ4n) is 3.23. The van der Waals surface area contributed by atoms with E-state index in [1.807, 2.05) is 12.1 Å². The highest BCUT2D eigenvalue weighted by Gasteiger charge is 2.27. The average Bonchev–Trinajstić information content (AvgIpc) is 2.96. The van der Waals surface area contributed by atoms with E-state index in [0.717, 1.165) is 13.1 Å². The first-order valence-electron chi connectivity index (χ1n) is 8.09. The summed E-state index contributed by atoms with van der Waals surface area (Å²) < 4.78 is 11.5. The first kappa shape index (κ1) is 16.7. The van der Waals surface area contributed by atoms with E-state index >= 15 is 0 Å². The Morgan fingerprint density at radius 3 is 2.71 bits per heavy atom. The van der Waals surface area contributed by atoms with Crippen LogP contribution in [0.1, 0.15) is 31.9 Å². The Morgan fingerprint density at radius 1 is 1.33 bits per heavy atom. The maximum absolute atomic E-state index is 9.36. The predicted octanol–water partition coefficient (Wildman–Crippen LogP) is 4.26. The van der Waals surface area contributed by atoms with Crippen LogP contribution in [-0.4, -0.2) is 18.1 Å². The second-order valence-corrected chi connectivity index (χ2v) is 6.85. The van der Waals surface area contributed by atoms with Crippen LogP contribution in [0.4, 0.5) is 5.88 Å². The summed E-state index contributed by atoms with van der Waals surface area (Å²) in [6.45, 7) is 6.31. The lowest BCUT2D eigenvalue weighted by Gasteiger charge is -2.34. The first-order valence-corrected chi connectivity index (χ1v) is 8.46. The number of nitriles is 1. The van der Waals surface area contributed by atoms with Crippen molar-refractivity contribution in [3.8, 4) is 11.8 Å². The second-order valence-electron chi connectivity index (χ2n) is 6.44. The van der Waals surface area contributed by atoms with Crippen LogP contribution in [0.25, 0.3) is 0 Å². The third-order valence-corrected chi connectivity index (χ3v) is 4.42. The second kappa shape index (κ2) is 7.14. The fourth-order valence-corrected chi connectivity index (χ4v) is 3.42. The Morgan fingerprint density at radius 2 is 2.04 bits per heavy atom. The molecule has 0 spiro atoms. The molecule has 0 aliphatic carbocycles. The lowest BCUT2D eigenvalue weighted by Crippen LogP contribution is -2.38. The standard InChI is InChI=1S/C18H20ClN3O2/c1-12-7-13(2)10-22(9-12)18-15(8-20)21-17(24-18)11-23-16-6-4-3-5-14(16)19/h3-6,12-13H,7,9-11H2,1-2H3/t12-,13-/m0/s1. The Kier molecular flexibility index (Phi) is 4.96. The third-order valence-electron chi connectivity index (χ3n) is 4.10. The number of halogens is 1. The molecule has 126 valence electrons. The van der Waals surface area contributed by atoms with E-state index in [9.17, 15) is 5.26 Å². The number of ether oxygens (including phenoxy) is 1. The maximum Gasteiger partial charge on any atom is 0.236 e. The van der Waals surface area contributed by atoms with E-state index < -0.39 is 0 Å². The fraction of sp³-hybridized carbons (Fsp3) is 0.444. The summed E-state index contributed by atoms with van der Waals surface area (Å²) in [5, 5.41) is 9.89. The largest absolute Gasteiger partial charge is 0.482 e. The lowest BCUT2D eigenvalue weighted by molar-refractivity contribution is 0.261. The molecule has 1 aromatic carbocycles. The van der Waals surface area contributed by atoms with Gasteiger partial charge in [0.2, 0.25) is 17.5 Å². The van der Waals surface area contributed by atoms with Crippen molar-refractivity contribution in [2.24, 2.45) is 11.8 Å². The molecule has 24 heavy (non-hydrogen) atoms. The number of nitrogens with zero attached hydrogens (tertiary/aromatic N) is 3. The van der Waals surface area contributed by atoms with Crippen molar-refractivity contribution in [1.82, 2.24) is 4.98 Å². The molecule has 1 saturated heterocycles. The number of aromatic nitrogens is 1. The summed E-state index contributed by atoms with van der Waals surface area (Å²) in [6, 6.07) is 9.35. The van der Waals surface area contributed by atoms with Crippen molar-refractivity contribution in [2.45, 2.75) is 26.9 Å². The number of hydrogen-bond donors (Lipinski definition) is 0. The highest BCUT2D eigenvalue weighted by molar-refractivity contribution is 6.32. The van der Waals surface area contributed by atoms with Gasteiger partial charge in [0.15, 0.2) is 6.61 Å². The number of para-hydroxylation sites is 1. The Bertz CT molecular complexity index is 743. The molecule has 1 aromatic heterocycles. The van der Waals surface area contributed by atoms with Gasteiger partial charge in [-0.05, 0) is 30.4 Å². The lowest BCUT2D eigenvalue weighted by atomic mass is 9.92. The zero-order valence-corrected chi connectivity index (χ0v) is 14.6. The zero-order valence-electron chi connectivity index (χ0n) is 13.8. The number of benzene rings is 1. The van der Waals surface area contributed by atoms with Crippen LogP contribution in [0.15, 0.2) is 28.7 Å². The first-order chi connectivity index (χ1) is 11.6. The van der Waals surface area contributed by atoms with Gasteiger partial charge in [0.05, 0.1) is 5.02 Å². The van der Waals surface area contributed by atoms with Crippen molar-refractivity contribution >= 4 is 17.5 Å². The number of hydrogen-bond acceptors (Lipinski definition) is 5. The van der Waals surface area contributed by atoms with E-state index in [2.05, 4.69) is 29.8 Å². The smallest absolute Gasteiger partial charge is 0.236 e. The van der Waals surface area contributed by atoms with Crippen LogP contribution in [0.3, 0.4) is 0 Å². The average molecular weight is 346 g/mol. The molecule has 2 atom stereocenters. The van der Waals surface area contributed by atoms with Gasteiger partial charge in [0, 0.05) is 13.1 Å². The molecule has 1 fully saturated rings. The summed E-state index contributed by atoms with van der Waals surface area (Å²) in [5.74, 6) is 2.63. The molecule has 0 unspecified atom stereocenters. The summed E-state index contributed by atoms with van der Waals surface area (Å²) in [4.78, 5) is 6.38. The Labute approximate surface area is 146 Å². The van der Waals surface area contributed by atoms with Gasteiger partial charge in [-0.25, -0.2) is 0 Å². The van der Waals surface area contributed by atoms with Gasteiger partial charge < -0.3 is 14.1 Å². The monoisotopic (exact) mass is 345 g/mol. The van der Waals surface area contributed by atoms with Crippen molar-refractivity contribution in [1.29, 1.82) is 5.26 Å².